The molecule has 3 aromatic rings. The molecule has 33 heavy (non-hydrogen) atoms. The molecule has 172 valence electrons. The lowest BCUT2D eigenvalue weighted by molar-refractivity contribution is -0.142. The average Bonchev–Trinajstić information content (AvgIpc) is 3.65. The molecule has 1 atom stereocenters. The van der Waals surface area contributed by atoms with E-state index in [4.69, 9.17) is 15.2 Å². The minimum absolute atomic E-state index is 0.181. The van der Waals surface area contributed by atoms with Gasteiger partial charge in [-0.25, -0.2) is 4.79 Å². The van der Waals surface area contributed by atoms with Crippen molar-refractivity contribution >= 4 is 22.8 Å². The molecular weight excluding hydrogens is 416 g/mol. The van der Waals surface area contributed by atoms with E-state index in [0.29, 0.717) is 12.3 Å². The van der Waals surface area contributed by atoms with Crippen LogP contribution in [0, 0.1) is 0 Å². The van der Waals surface area contributed by atoms with Crippen molar-refractivity contribution in [2.24, 2.45) is 5.73 Å². The van der Waals surface area contributed by atoms with E-state index in [-0.39, 0.29) is 18.4 Å². The number of primary amides is 1. The summed E-state index contributed by atoms with van der Waals surface area (Å²) >= 11 is 0. The van der Waals surface area contributed by atoms with Gasteiger partial charge in [-0.05, 0) is 66.8 Å². The van der Waals surface area contributed by atoms with Crippen molar-refractivity contribution in [2.75, 3.05) is 13.7 Å². The van der Waals surface area contributed by atoms with Crippen molar-refractivity contribution in [1.29, 1.82) is 0 Å². The van der Waals surface area contributed by atoms with Crippen LogP contribution in [0.1, 0.15) is 66.3 Å². The van der Waals surface area contributed by atoms with E-state index in [2.05, 4.69) is 34.9 Å². The Morgan fingerprint density at radius 1 is 1.06 bits per heavy atom. The van der Waals surface area contributed by atoms with Crippen LogP contribution >= 0.6 is 0 Å². The fourth-order valence-corrected chi connectivity index (χ4v) is 5.16. The summed E-state index contributed by atoms with van der Waals surface area (Å²) in [5.41, 5.74) is 11.6. The highest BCUT2D eigenvalue weighted by molar-refractivity contribution is 5.97. The largest absolute Gasteiger partial charge is 0.481 e. The molecule has 1 fully saturated rings. The highest BCUT2D eigenvalue weighted by atomic mass is 16.6. The van der Waals surface area contributed by atoms with E-state index in [1.54, 1.807) is 0 Å². The van der Waals surface area contributed by atoms with Gasteiger partial charge in [-0.2, -0.15) is 0 Å². The maximum atomic E-state index is 12.5. The molecular formula is C27H30N2O4. The molecule has 1 unspecified atom stereocenters. The van der Waals surface area contributed by atoms with Crippen LogP contribution < -0.4 is 10.5 Å². The Morgan fingerprint density at radius 2 is 1.85 bits per heavy atom. The maximum absolute atomic E-state index is 12.5. The lowest BCUT2D eigenvalue weighted by Gasteiger charge is -2.14. The third-order valence-corrected chi connectivity index (χ3v) is 6.99. The van der Waals surface area contributed by atoms with Gasteiger partial charge in [0.15, 0.2) is 6.61 Å². The number of nitrogens with two attached hydrogens (primary N) is 1. The van der Waals surface area contributed by atoms with Crippen molar-refractivity contribution in [2.45, 2.75) is 56.9 Å². The smallest absolute Gasteiger partial charge is 0.343 e. The molecule has 1 aromatic heterocycles. The molecule has 1 amide bonds. The number of methoxy groups -OCH3 is 1. The molecule has 6 heteroatoms. The molecule has 0 bridgehead atoms. The summed E-state index contributed by atoms with van der Waals surface area (Å²) in [6.45, 7) is 0.530. The van der Waals surface area contributed by atoms with Gasteiger partial charge in [-0.1, -0.05) is 36.8 Å². The van der Waals surface area contributed by atoms with E-state index in [9.17, 15) is 9.59 Å². The highest BCUT2D eigenvalue weighted by Gasteiger charge is 2.31. The zero-order valence-corrected chi connectivity index (χ0v) is 19.0. The number of amides is 1. The highest BCUT2D eigenvalue weighted by Crippen LogP contribution is 2.43. The van der Waals surface area contributed by atoms with Crippen molar-refractivity contribution in [3.05, 3.63) is 64.8 Å². The van der Waals surface area contributed by atoms with Gasteiger partial charge in [-0.15, -0.1) is 0 Å². The monoisotopic (exact) mass is 446 g/mol. The topological polar surface area (TPSA) is 83.6 Å². The average molecular weight is 447 g/mol. The minimum Gasteiger partial charge on any atom is -0.481 e. The predicted octanol–water partition coefficient (Wildman–Crippen LogP) is 4.41. The number of fused-ring (bicyclic) bond motifs is 3. The summed E-state index contributed by atoms with van der Waals surface area (Å²) in [6.07, 6.45) is 6.14. The number of ether oxygens (including phenoxy) is 2. The first kappa shape index (κ1) is 21.6. The van der Waals surface area contributed by atoms with Crippen LogP contribution in [0.2, 0.25) is 0 Å². The van der Waals surface area contributed by atoms with Crippen LogP contribution in [-0.2, 0) is 27.3 Å². The molecule has 1 heterocycles. The van der Waals surface area contributed by atoms with Crippen LogP contribution in [-0.4, -0.2) is 30.2 Å². The number of carbonyl (C=O) groups excluding carboxylic acids is 2. The second-order valence-corrected chi connectivity index (χ2v) is 9.18. The fraction of sp³-hybridized carbons (Fsp3) is 0.407. The van der Waals surface area contributed by atoms with Crippen molar-refractivity contribution in [3.8, 4) is 5.75 Å². The summed E-state index contributed by atoms with van der Waals surface area (Å²) in [5.74, 6) is 0.193. The number of rotatable bonds is 7. The van der Waals surface area contributed by atoms with Crippen LogP contribution in [0.5, 0.6) is 5.75 Å². The van der Waals surface area contributed by atoms with Gasteiger partial charge in [0.1, 0.15) is 5.75 Å². The second kappa shape index (κ2) is 8.93. The quantitative estimate of drug-likeness (QED) is 0.430. The van der Waals surface area contributed by atoms with Crippen LogP contribution in [0.3, 0.4) is 0 Å². The summed E-state index contributed by atoms with van der Waals surface area (Å²) in [6, 6.07) is 14.8. The van der Waals surface area contributed by atoms with Gasteiger partial charge in [0.25, 0.3) is 0 Å². The molecule has 6 nitrogen and oxygen atoms in total. The SMILES string of the molecule is COC(=O)COc1cccc2c1c1c(n2Cc2ccc(C3CC3)cc2)CCCCC1C(N)=O. The van der Waals surface area contributed by atoms with E-state index in [0.717, 1.165) is 53.8 Å². The molecule has 0 spiro atoms. The molecule has 2 N–H and O–H groups in total. The van der Waals surface area contributed by atoms with Gasteiger partial charge in [-0.3, -0.25) is 4.79 Å². The van der Waals surface area contributed by atoms with E-state index >= 15 is 0 Å². The second-order valence-electron chi connectivity index (χ2n) is 9.18. The predicted molar refractivity (Wildman–Crippen MR) is 126 cm³/mol. The third-order valence-electron chi connectivity index (χ3n) is 6.99. The number of hydrogen-bond donors (Lipinski definition) is 1. The van der Waals surface area contributed by atoms with Gasteiger partial charge >= 0.3 is 5.97 Å². The Balaban J connectivity index is 1.62. The normalized spacial score (nSPS) is 17.9. The molecule has 5 rings (SSSR count). The molecule has 0 saturated heterocycles. The van der Waals surface area contributed by atoms with Crippen molar-refractivity contribution < 1.29 is 19.1 Å². The summed E-state index contributed by atoms with van der Waals surface area (Å²) in [5, 5.41) is 0.886. The number of hydrogen-bond acceptors (Lipinski definition) is 4. The number of nitrogens with zero attached hydrogens (tertiary/aromatic N) is 1. The lowest BCUT2D eigenvalue weighted by atomic mass is 9.92. The maximum Gasteiger partial charge on any atom is 0.343 e. The number of carbonyl (C=O) groups is 2. The Labute approximate surface area is 193 Å². The van der Waals surface area contributed by atoms with Gasteiger partial charge in [0, 0.05) is 17.6 Å². The first-order valence-corrected chi connectivity index (χ1v) is 11.8. The minimum atomic E-state index is -0.445. The van der Waals surface area contributed by atoms with Crippen LogP contribution in [0.25, 0.3) is 10.9 Å². The molecule has 0 radical (unpaired) electrons. The van der Waals surface area contributed by atoms with E-state index < -0.39 is 5.97 Å². The van der Waals surface area contributed by atoms with Gasteiger partial charge in [0.2, 0.25) is 5.91 Å². The molecule has 0 aliphatic heterocycles. The summed E-state index contributed by atoms with van der Waals surface area (Å²) in [4.78, 5) is 24.2. The first-order chi connectivity index (χ1) is 16.1. The zero-order valence-electron chi connectivity index (χ0n) is 19.0. The Bertz CT molecular complexity index is 1190. The lowest BCUT2D eigenvalue weighted by Crippen LogP contribution is -2.21. The fourth-order valence-electron chi connectivity index (χ4n) is 5.16. The van der Waals surface area contributed by atoms with Crippen molar-refractivity contribution in [1.82, 2.24) is 4.57 Å². The van der Waals surface area contributed by atoms with Crippen LogP contribution in [0.15, 0.2) is 42.5 Å². The Morgan fingerprint density at radius 3 is 2.55 bits per heavy atom. The van der Waals surface area contributed by atoms with Gasteiger partial charge < -0.3 is 19.8 Å². The van der Waals surface area contributed by atoms with E-state index in [1.807, 2.05) is 12.1 Å². The Kier molecular flexibility index (Phi) is 5.83. The number of aromatic nitrogens is 1. The molecule has 2 aromatic carbocycles. The van der Waals surface area contributed by atoms with Crippen molar-refractivity contribution in [3.63, 3.8) is 0 Å². The standard InChI is InChI=1S/C27H30N2O4/c1-32-24(30)16-33-23-8-4-7-22-26(23)25-20(27(28)31)5-2-3-6-21(25)29(22)15-17-9-11-18(12-10-17)19-13-14-19/h4,7-12,19-20H,2-3,5-6,13-16H2,1H3,(H2,28,31). The Hall–Kier alpha value is -3.28. The van der Waals surface area contributed by atoms with Gasteiger partial charge in [0.05, 0.1) is 18.5 Å². The molecule has 2 aliphatic rings. The molecule has 1 saturated carbocycles. The van der Waals surface area contributed by atoms with Crippen LogP contribution in [0.4, 0.5) is 0 Å². The summed E-state index contributed by atoms with van der Waals surface area (Å²) < 4.78 is 12.9. The number of benzene rings is 2. The first-order valence-electron chi connectivity index (χ1n) is 11.8. The zero-order chi connectivity index (χ0) is 22.9. The molecule has 2 aliphatic carbocycles. The number of esters is 1. The summed E-state index contributed by atoms with van der Waals surface area (Å²) in [7, 11) is 1.34. The third kappa shape index (κ3) is 4.22. The van der Waals surface area contributed by atoms with E-state index in [1.165, 1.54) is 31.1 Å².